The van der Waals surface area contributed by atoms with E-state index >= 15 is 0 Å². The lowest BCUT2D eigenvalue weighted by Gasteiger charge is -2.21. The second kappa shape index (κ2) is 67.2. The molecule has 0 amide bonds. The number of carbonyl (C=O) groups is 4. The Bertz CT molecular complexity index is 1900. The lowest BCUT2D eigenvalue weighted by atomic mass is 10.00. The first-order valence-corrected chi connectivity index (χ1v) is 43.2. The number of carbonyl (C=O) groups excluding carboxylic acids is 4. The minimum atomic E-state index is -4.96. The first-order chi connectivity index (χ1) is 46.6. The molecule has 0 heterocycles. The molecule has 0 radical (unpaired) electrons. The molecule has 0 aromatic rings. The van der Waals surface area contributed by atoms with Crippen molar-refractivity contribution in [3.05, 3.63) is 0 Å². The number of hydrogen-bond acceptors (Lipinski definition) is 15. The fourth-order valence-corrected chi connectivity index (χ4v) is 13.5. The van der Waals surface area contributed by atoms with Gasteiger partial charge in [-0.2, -0.15) is 0 Å². The first-order valence-electron chi connectivity index (χ1n) is 40.2. The van der Waals surface area contributed by atoms with E-state index in [2.05, 4.69) is 55.4 Å². The highest BCUT2D eigenvalue weighted by atomic mass is 31.2. The summed E-state index contributed by atoms with van der Waals surface area (Å²) in [5.41, 5.74) is 0. The van der Waals surface area contributed by atoms with E-state index in [1.165, 1.54) is 193 Å². The fraction of sp³-hybridized carbons (Fsp3) is 0.949. The highest BCUT2D eigenvalue weighted by Gasteiger charge is 2.30. The van der Waals surface area contributed by atoms with Crippen molar-refractivity contribution in [3.8, 4) is 0 Å². The van der Waals surface area contributed by atoms with Crippen LogP contribution in [0, 0.1) is 23.7 Å². The number of esters is 4. The van der Waals surface area contributed by atoms with Gasteiger partial charge in [-0.15, -0.1) is 0 Å². The van der Waals surface area contributed by atoms with Crippen molar-refractivity contribution in [2.75, 3.05) is 39.6 Å². The van der Waals surface area contributed by atoms with Crippen molar-refractivity contribution in [1.29, 1.82) is 0 Å². The summed E-state index contributed by atoms with van der Waals surface area (Å²) in [6.07, 6.45) is 52.9. The van der Waals surface area contributed by atoms with Crippen molar-refractivity contribution in [2.45, 2.75) is 414 Å². The molecule has 97 heavy (non-hydrogen) atoms. The molecule has 0 aliphatic rings. The molecule has 0 aromatic heterocycles. The lowest BCUT2D eigenvalue weighted by Crippen LogP contribution is -2.30. The van der Waals surface area contributed by atoms with E-state index in [0.29, 0.717) is 25.7 Å². The molecule has 3 unspecified atom stereocenters. The fourth-order valence-electron chi connectivity index (χ4n) is 11.9. The van der Waals surface area contributed by atoms with Crippen molar-refractivity contribution < 1.29 is 80.2 Å². The summed E-state index contributed by atoms with van der Waals surface area (Å²) < 4.78 is 68.5. The van der Waals surface area contributed by atoms with Crippen molar-refractivity contribution >= 4 is 39.5 Å². The van der Waals surface area contributed by atoms with Gasteiger partial charge in [-0.1, -0.05) is 344 Å². The molecule has 0 spiro atoms. The van der Waals surface area contributed by atoms with Crippen LogP contribution in [0.4, 0.5) is 0 Å². The Morgan fingerprint density at radius 3 is 0.732 bits per heavy atom. The van der Waals surface area contributed by atoms with Crippen LogP contribution >= 0.6 is 15.6 Å². The molecule has 0 aliphatic carbocycles. The van der Waals surface area contributed by atoms with Gasteiger partial charge in [0.15, 0.2) is 12.2 Å². The van der Waals surface area contributed by atoms with E-state index < -0.39 is 97.5 Å². The van der Waals surface area contributed by atoms with Gasteiger partial charge in [-0.25, -0.2) is 9.13 Å². The number of aliphatic hydroxyl groups is 1. The van der Waals surface area contributed by atoms with Crippen LogP contribution in [0.5, 0.6) is 0 Å². The number of hydrogen-bond donors (Lipinski definition) is 3. The van der Waals surface area contributed by atoms with Gasteiger partial charge in [0, 0.05) is 25.7 Å². The van der Waals surface area contributed by atoms with Crippen LogP contribution in [0.15, 0.2) is 0 Å². The molecule has 0 bridgehead atoms. The third-order valence-electron chi connectivity index (χ3n) is 18.4. The highest BCUT2D eigenvalue weighted by Crippen LogP contribution is 2.45. The zero-order chi connectivity index (χ0) is 71.7. The summed E-state index contributed by atoms with van der Waals surface area (Å²) in [5, 5.41) is 10.6. The second-order valence-electron chi connectivity index (χ2n) is 29.8. The van der Waals surface area contributed by atoms with E-state index in [1.54, 1.807) is 0 Å². The van der Waals surface area contributed by atoms with Gasteiger partial charge in [0.2, 0.25) is 0 Å². The van der Waals surface area contributed by atoms with Crippen LogP contribution in [0.3, 0.4) is 0 Å². The first kappa shape index (κ1) is 95.1. The minimum absolute atomic E-state index is 0.104. The molecule has 0 fully saturated rings. The molecule has 17 nitrogen and oxygen atoms in total. The van der Waals surface area contributed by atoms with Crippen LogP contribution in [0.2, 0.25) is 0 Å². The van der Waals surface area contributed by atoms with E-state index in [1.807, 2.05) is 0 Å². The molecular formula is C78H152O17P2. The average molecular weight is 1420 g/mol. The molecular weight excluding hydrogens is 1270 g/mol. The minimum Gasteiger partial charge on any atom is -0.462 e. The molecule has 0 aromatic carbocycles. The van der Waals surface area contributed by atoms with Gasteiger partial charge in [0.1, 0.15) is 19.3 Å². The van der Waals surface area contributed by atoms with Gasteiger partial charge in [0.25, 0.3) is 0 Å². The zero-order valence-electron chi connectivity index (χ0n) is 63.7. The van der Waals surface area contributed by atoms with Crippen LogP contribution in [0.1, 0.15) is 396 Å². The van der Waals surface area contributed by atoms with Crippen LogP contribution < -0.4 is 0 Å². The third kappa shape index (κ3) is 70.9. The van der Waals surface area contributed by atoms with Crippen molar-refractivity contribution in [2.24, 2.45) is 23.7 Å². The number of rotatable bonds is 75. The van der Waals surface area contributed by atoms with Crippen LogP contribution in [-0.2, 0) is 65.4 Å². The number of unbranched alkanes of at least 4 members (excludes halogenated alkanes) is 40. The number of aliphatic hydroxyl groups excluding tert-OH is 1. The van der Waals surface area contributed by atoms with Gasteiger partial charge < -0.3 is 33.8 Å². The normalized spacial score (nSPS) is 14.4. The zero-order valence-corrected chi connectivity index (χ0v) is 65.5. The molecule has 0 aliphatic heterocycles. The van der Waals surface area contributed by atoms with Gasteiger partial charge in [-0.3, -0.25) is 37.3 Å². The number of phosphoric ester groups is 2. The monoisotopic (exact) mass is 1420 g/mol. The predicted molar refractivity (Wildman–Crippen MR) is 395 cm³/mol. The summed E-state index contributed by atoms with van der Waals surface area (Å²) in [4.78, 5) is 72.8. The quantitative estimate of drug-likeness (QED) is 0.0222. The van der Waals surface area contributed by atoms with Crippen LogP contribution in [0.25, 0.3) is 0 Å². The van der Waals surface area contributed by atoms with E-state index in [9.17, 15) is 43.2 Å². The standard InChI is InChI=1S/C78H152O17P2/c1-9-71(8)57-49-41-36-37-43-51-59-76(81)89-65-74(94-77(82)60-52-44-34-27-23-17-15-13-11-10-12-14-16-20-24-30-38-46-54-68(2)3)67-93-97(86,87)91-63-72(79)62-90-96(84,85)92-66-73(95-78(83)61-53-45-35-29-28-32-40-48-56-70(6)7)64-88-75(80)58-50-42-33-26-22-19-18-21-25-31-39-47-55-69(4)5/h68-74,79H,9-67H2,1-8H3,(H,84,85)(H,86,87)/t71?,72-,73-,74-/m1/s1. The predicted octanol–water partition coefficient (Wildman–Crippen LogP) is 22.8. The Hall–Kier alpha value is -1.94. The summed E-state index contributed by atoms with van der Waals surface area (Å²) in [7, 11) is -9.92. The van der Waals surface area contributed by atoms with Gasteiger partial charge in [0.05, 0.1) is 26.4 Å². The Labute approximate surface area is 594 Å². The summed E-state index contributed by atoms with van der Waals surface area (Å²) >= 11 is 0. The molecule has 576 valence electrons. The summed E-state index contributed by atoms with van der Waals surface area (Å²) in [6.45, 7) is 14.2. The maximum absolute atomic E-state index is 13.1. The topological polar surface area (TPSA) is 237 Å². The smallest absolute Gasteiger partial charge is 0.462 e. The number of ether oxygens (including phenoxy) is 4. The van der Waals surface area contributed by atoms with E-state index in [0.717, 1.165) is 120 Å². The second-order valence-corrected chi connectivity index (χ2v) is 32.7. The van der Waals surface area contributed by atoms with Gasteiger partial charge in [-0.05, 0) is 49.4 Å². The Morgan fingerprint density at radius 2 is 0.495 bits per heavy atom. The van der Waals surface area contributed by atoms with E-state index in [-0.39, 0.29) is 25.7 Å². The molecule has 0 saturated carbocycles. The summed E-state index contributed by atoms with van der Waals surface area (Å²) in [5.74, 6) is 0.930. The molecule has 19 heteroatoms. The summed E-state index contributed by atoms with van der Waals surface area (Å²) in [6, 6.07) is 0. The van der Waals surface area contributed by atoms with Gasteiger partial charge >= 0.3 is 39.5 Å². The highest BCUT2D eigenvalue weighted by molar-refractivity contribution is 7.47. The maximum Gasteiger partial charge on any atom is 0.472 e. The lowest BCUT2D eigenvalue weighted by molar-refractivity contribution is -0.161. The number of phosphoric acid groups is 2. The average Bonchev–Trinajstić information content (AvgIpc) is 1.26. The molecule has 0 saturated heterocycles. The van der Waals surface area contributed by atoms with Crippen molar-refractivity contribution in [1.82, 2.24) is 0 Å². The molecule has 0 rings (SSSR count). The third-order valence-corrected chi connectivity index (χ3v) is 20.3. The van der Waals surface area contributed by atoms with E-state index in [4.69, 9.17) is 37.0 Å². The van der Waals surface area contributed by atoms with Crippen LogP contribution in [-0.4, -0.2) is 96.7 Å². The molecule has 3 N–H and O–H groups in total. The largest absolute Gasteiger partial charge is 0.472 e. The Kier molecular flexibility index (Phi) is 65.9. The molecule has 6 atom stereocenters. The van der Waals surface area contributed by atoms with Crippen molar-refractivity contribution in [3.63, 3.8) is 0 Å². The Balaban J connectivity index is 5.18. The Morgan fingerprint density at radius 1 is 0.289 bits per heavy atom. The SMILES string of the molecule is CCC(C)CCCCCCCCC(=O)OC[C@H](COP(=O)(O)OC[C@H](O)COP(=O)(O)OC[C@@H](COC(=O)CCCCCCCCCCCCCCC(C)C)OC(=O)CCCCCCCCCCC(C)C)OC(=O)CCCCCCCCCCCCCCCCCCCCC(C)C. The maximum atomic E-state index is 13.1.